The fourth-order valence-corrected chi connectivity index (χ4v) is 2.15. The molecule has 0 radical (unpaired) electrons. The van der Waals surface area contributed by atoms with Gasteiger partial charge in [0, 0.05) is 11.1 Å². The van der Waals surface area contributed by atoms with Crippen LogP contribution in [-0.4, -0.2) is 6.54 Å². The van der Waals surface area contributed by atoms with Crippen LogP contribution in [0.4, 0.5) is 13.2 Å². The molecule has 2 rings (SSSR count). The smallest absolute Gasteiger partial charge is 0.131 e. The Morgan fingerprint density at radius 3 is 2.10 bits per heavy atom. The first-order chi connectivity index (χ1) is 9.65. The van der Waals surface area contributed by atoms with Crippen LogP contribution >= 0.6 is 0 Å². The van der Waals surface area contributed by atoms with Crippen LogP contribution in [0.25, 0.3) is 0 Å². The molecule has 0 aromatic heterocycles. The lowest BCUT2D eigenvalue weighted by atomic mass is 9.97. The Kier molecular flexibility index (Phi) is 4.79. The zero-order valence-corrected chi connectivity index (χ0v) is 11.2. The SMILES string of the molecule is CCCNC(c1ccccc1F)c1c(F)cccc1F. The number of nitrogens with one attached hydrogen (secondary N) is 1. The molecule has 0 spiro atoms. The van der Waals surface area contributed by atoms with Crippen LogP contribution in [0, 0.1) is 17.5 Å². The Morgan fingerprint density at radius 2 is 1.50 bits per heavy atom. The molecule has 0 aliphatic heterocycles. The van der Waals surface area contributed by atoms with Crippen molar-refractivity contribution in [1.29, 1.82) is 0 Å². The molecule has 0 aliphatic carbocycles. The maximum Gasteiger partial charge on any atom is 0.131 e. The van der Waals surface area contributed by atoms with Gasteiger partial charge in [0.05, 0.1) is 6.04 Å². The zero-order valence-electron chi connectivity index (χ0n) is 11.2. The highest BCUT2D eigenvalue weighted by atomic mass is 19.1. The quantitative estimate of drug-likeness (QED) is 0.865. The van der Waals surface area contributed by atoms with Crippen LogP contribution < -0.4 is 5.32 Å². The molecule has 2 aromatic rings. The molecule has 1 nitrogen and oxygen atoms in total. The van der Waals surface area contributed by atoms with Crippen molar-refractivity contribution in [3.63, 3.8) is 0 Å². The third-order valence-corrected chi connectivity index (χ3v) is 3.10. The minimum atomic E-state index is -0.836. The van der Waals surface area contributed by atoms with Gasteiger partial charge in [-0.1, -0.05) is 31.2 Å². The first-order valence-corrected chi connectivity index (χ1v) is 6.56. The average molecular weight is 279 g/mol. The normalized spacial score (nSPS) is 12.4. The van der Waals surface area contributed by atoms with E-state index in [-0.39, 0.29) is 11.1 Å². The Hall–Kier alpha value is -1.81. The van der Waals surface area contributed by atoms with Gasteiger partial charge in [-0.25, -0.2) is 13.2 Å². The van der Waals surface area contributed by atoms with E-state index in [1.54, 1.807) is 12.1 Å². The summed E-state index contributed by atoms with van der Waals surface area (Å²) in [4.78, 5) is 0. The second-order valence-electron chi connectivity index (χ2n) is 4.54. The van der Waals surface area contributed by atoms with Gasteiger partial charge in [-0.2, -0.15) is 0 Å². The van der Waals surface area contributed by atoms with Gasteiger partial charge in [-0.3, -0.25) is 0 Å². The Balaban J connectivity index is 2.50. The third kappa shape index (κ3) is 3.02. The summed E-state index contributed by atoms with van der Waals surface area (Å²) < 4.78 is 41.8. The Labute approximate surface area is 116 Å². The van der Waals surface area contributed by atoms with E-state index in [1.165, 1.54) is 30.3 Å². The number of halogens is 3. The fraction of sp³-hybridized carbons (Fsp3) is 0.250. The van der Waals surface area contributed by atoms with E-state index in [1.807, 2.05) is 6.92 Å². The summed E-state index contributed by atoms with van der Waals surface area (Å²) in [6, 6.07) is 8.85. The van der Waals surface area contributed by atoms with Gasteiger partial charge in [0.1, 0.15) is 17.5 Å². The lowest BCUT2D eigenvalue weighted by Crippen LogP contribution is -2.26. The van der Waals surface area contributed by atoms with Crippen molar-refractivity contribution >= 4 is 0 Å². The molecular weight excluding hydrogens is 263 g/mol. The largest absolute Gasteiger partial charge is 0.306 e. The minimum absolute atomic E-state index is 0.147. The van der Waals surface area contributed by atoms with Gasteiger partial charge in [0.25, 0.3) is 0 Å². The summed E-state index contributed by atoms with van der Waals surface area (Å²) in [5.41, 5.74) is 0.0935. The van der Waals surface area contributed by atoms with Crippen molar-refractivity contribution in [3.05, 3.63) is 71.0 Å². The number of rotatable bonds is 5. The fourth-order valence-electron chi connectivity index (χ4n) is 2.15. The van der Waals surface area contributed by atoms with Gasteiger partial charge < -0.3 is 5.32 Å². The number of benzene rings is 2. The van der Waals surface area contributed by atoms with E-state index in [9.17, 15) is 13.2 Å². The van der Waals surface area contributed by atoms with Crippen molar-refractivity contribution in [2.45, 2.75) is 19.4 Å². The Bertz CT molecular complexity index is 563. The molecule has 0 saturated carbocycles. The van der Waals surface area contributed by atoms with Crippen molar-refractivity contribution in [3.8, 4) is 0 Å². The standard InChI is InChI=1S/C16H16F3N/c1-2-10-20-16(11-6-3-4-7-12(11)17)15-13(18)8-5-9-14(15)19/h3-9,16,20H,2,10H2,1H3. The molecule has 0 aliphatic rings. The Morgan fingerprint density at radius 1 is 0.900 bits per heavy atom. The molecule has 1 N–H and O–H groups in total. The van der Waals surface area contributed by atoms with Crippen LogP contribution in [0.1, 0.15) is 30.5 Å². The molecule has 0 bridgehead atoms. The summed E-state index contributed by atoms with van der Waals surface area (Å²) in [6.07, 6.45) is 0.779. The zero-order chi connectivity index (χ0) is 14.5. The van der Waals surface area contributed by atoms with Crippen molar-refractivity contribution in [1.82, 2.24) is 5.32 Å². The topological polar surface area (TPSA) is 12.0 Å². The van der Waals surface area contributed by atoms with E-state index >= 15 is 0 Å². The van der Waals surface area contributed by atoms with Gasteiger partial charge in [-0.15, -0.1) is 0 Å². The summed E-state index contributed by atoms with van der Waals surface area (Å²) in [7, 11) is 0. The van der Waals surface area contributed by atoms with Crippen LogP contribution in [0.2, 0.25) is 0 Å². The molecule has 4 heteroatoms. The van der Waals surface area contributed by atoms with E-state index in [0.717, 1.165) is 6.42 Å². The molecule has 0 saturated heterocycles. The van der Waals surface area contributed by atoms with Crippen molar-refractivity contribution in [2.75, 3.05) is 6.54 Å². The van der Waals surface area contributed by atoms with Gasteiger partial charge in [-0.05, 0) is 31.2 Å². The molecule has 0 heterocycles. The van der Waals surface area contributed by atoms with Crippen molar-refractivity contribution in [2.24, 2.45) is 0 Å². The molecular formula is C16H16F3N. The maximum absolute atomic E-state index is 13.9. The number of hydrogen-bond donors (Lipinski definition) is 1. The lowest BCUT2D eigenvalue weighted by molar-refractivity contribution is 0.488. The van der Waals surface area contributed by atoms with Gasteiger partial charge >= 0.3 is 0 Å². The first kappa shape index (κ1) is 14.6. The molecule has 106 valence electrons. The molecule has 20 heavy (non-hydrogen) atoms. The van der Waals surface area contributed by atoms with Gasteiger partial charge in [0.2, 0.25) is 0 Å². The molecule has 2 aromatic carbocycles. The second kappa shape index (κ2) is 6.57. The minimum Gasteiger partial charge on any atom is -0.306 e. The highest BCUT2D eigenvalue weighted by Gasteiger charge is 2.23. The van der Waals surface area contributed by atoms with Crippen LogP contribution in [0.15, 0.2) is 42.5 Å². The molecule has 0 amide bonds. The summed E-state index contributed by atoms with van der Waals surface area (Å²) in [6.45, 7) is 2.47. The highest BCUT2D eigenvalue weighted by molar-refractivity contribution is 5.34. The molecule has 0 fully saturated rings. The van der Waals surface area contributed by atoms with Gasteiger partial charge in [0.15, 0.2) is 0 Å². The van der Waals surface area contributed by atoms with Crippen LogP contribution in [-0.2, 0) is 0 Å². The molecule has 1 unspecified atom stereocenters. The molecule has 1 atom stereocenters. The van der Waals surface area contributed by atoms with E-state index in [0.29, 0.717) is 6.54 Å². The van der Waals surface area contributed by atoms with Crippen LogP contribution in [0.3, 0.4) is 0 Å². The summed E-state index contributed by atoms with van der Waals surface area (Å²) in [5, 5.41) is 3.00. The van der Waals surface area contributed by atoms with E-state index < -0.39 is 23.5 Å². The van der Waals surface area contributed by atoms with E-state index in [4.69, 9.17) is 0 Å². The third-order valence-electron chi connectivity index (χ3n) is 3.10. The first-order valence-electron chi connectivity index (χ1n) is 6.56. The van der Waals surface area contributed by atoms with Crippen molar-refractivity contribution < 1.29 is 13.2 Å². The average Bonchev–Trinajstić information content (AvgIpc) is 2.43. The second-order valence-corrected chi connectivity index (χ2v) is 4.54. The summed E-state index contributed by atoms with van der Waals surface area (Å²) >= 11 is 0. The van der Waals surface area contributed by atoms with Crippen LogP contribution in [0.5, 0.6) is 0 Å². The number of hydrogen-bond acceptors (Lipinski definition) is 1. The monoisotopic (exact) mass is 279 g/mol. The predicted octanol–water partition coefficient (Wildman–Crippen LogP) is 4.19. The predicted molar refractivity (Wildman–Crippen MR) is 72.9 cm³/mol. The summed E-state index contributed by atoms with van der Waals surface area (Å²) in [5.74, 6) is -1.84. The van der Waals surface area contributed by atoms with E-state index in [2.05, 4.69) is 5.32 Å². The highest BCUT2D eigenvalue weighted by Crippen LogP contribution is 2.28. The maximum atomic E-state index is 13.9. The lowest BCUT2D eigenvalue weighted by Gasteiger charge is -2.21.